The number of carbonyl (C=O) groups excluding carboxylic acids is 1. The summed E-state index contributed by atoms with van der Waals surface area (Å²) in [5.41, 5.74) is -0.348. The van der Waals surface area contributed by atoms with E-state index in [2.05, 4.69) is 21.2 Å². The summed E-state index contributed by atoms with van der Waals surface area (Å²) in [6.45, 7) is 3.78. The van der Waals surface area contributed by atoms with Gasteiger partial charge in [-0.05, 0) is 40.9 Å². The average molecular weight is 387 g/mol. The lowest BCUT2D eigenvalue weighted by Gasteiger charge is -2.15. The van der Waals surface area contributed by atoms with Crippen LogP contribution in [0.5, 0.6) is 0 Å². The molecule has 0 aromatic heterocycles. The zero-order chi connectivity index (χ0) is 15.5. The van der Waals surface area contributed by atoms with Crippen molar-refractivity contribution in [1.29, 1.82) is 0 Å². The van der Waals surface area contributed by atoms with Gasteiger partial charge in [-0.3, -0.25) is 4.79 Å². The Morgan fingerprint density at radius 1 is 1.40 bits per heavy atom. The predicted octanol–water partition coefficient (Wildman–Crippen LogP) is 3.43. The smallest absolute Gasteiger partial charge is 0.262 e. The topological polar surface area (TPSA) is 63.2 Å². The molecule has 0 aliphatic heterocycles. The maximum Gasteiger partial charge on any atom is 0.262 e. The van der Waals surface area contributed by atoms with Crippen LogP contribution in [0.1, 0.15) is 37.0 Å². The summed E-state index contributed by atoms with van der Waals surface area (Å²) >= 11 is 2.91. The zero-order valence-corrected chi connectivity index (χ0v) is 14.1. The van der Waals surface area contributed by atoms with E-state index in [1.54, 1.807) is 0 Å². The van der Waals surface area contributed by atoms with Gasteiger partial charge in [-0.2, -0.15) is 0 Å². The summed E-state index contributed by atoms with van der Waals surface area (Å²) < 4.78 is 36.5. The Kier molecular flexibility index (Phi) is 5.97. The van der Waals surface area contributed by atoms with Crippen molar-refractivity contribution in [2.75, 3.05) is 0 Å². The number of hydrogen-bond donors (Lipinski definition) is 1. The molecule has 0 heterocycles. The molecule has 112 valence electrons. The number of nitrogens with one attached hydrogen (secondary N) is 1. The minimum absolute atomic E-state index is 0.0240. The second-order valence-electron chi connectivity index (χ2n) is 4.19. The molecule has 0 spiro atoms. The van der Waals surface area contributed by atoms with Crippen LogP contribution in [0.4, 0.5) is 4.39 Å². The molecular formula is C12H14BrClFNO3S. The van der Waals surface area contributed by atoms with Gasteiger partial charge in [0.2, 0.25) is 0 Å². The first-order valence-electron chi connectivity index (χ1n) is 5.95. The maximum atomic E-state index is 13.8. The van der Waals surface area contributed by atoms with Gasteiger partial charge in [-0.25, -0.2) is 12.8 Å². The first-order valence-corrected chi connectivity index (χ1v) is 9.05. The molecule has 0 aliphatic rings. The second kappa shape index (κ2) is 6.87. The van der Waals surface area contributed by atoms with Crippen LogP contribution in [-0.2, 0) is 9.05 Å². The molecule has 1 aromatic carbocycles. The van der Waals surface area contributed by atoms with Crippen LogP contribution in [0.15, 0.2) is 21.5 Å². The van der Waals surface area contributed by atoms with Gasteiger partial charge in [-0.1, -0.05) is 13.8 Å². The molecule has 0 saturated carbocycles. The number of benzene rings is 1. The first-order chi connectivity index (χ1) is 9.20. The molecule has 0 unspecified atom stereocenters. The van der Waals surface area contributed by atoms with Gasteiger partial charge in [-0.15, -0.1) is 0 Å². The lowest BCUT2D eigenvalue weighted by Crippen LogP contribution is -2.34. The number of halogens is 3. The van der Waals surface area contributed by atoms with Crippen molar-refractivity contribution in [3.63, 3.8) is 0 Å². The van der Waals surface area contributed by atoms with E-state index in [-0.39, 0.29) is 21.0 Å². The Hall–Kier alpha value is -0.660. The quantitative estimate of drug-likeness (QED) is 0.789. The molecule has 0 saturated heterocycles. The molecule has 0 fully saturated rings. The minimum atomic E-state index is -4.07. The van der Waals surface area contributed by atoms with E-state index in [0.29, 0.717) is 12.8 Å². The lowest BCUT2D eigenvalue weighted by molar-refractivity contribution is 0.0930. The van der Waals surface area contributed by atoms with E-state index in [0.717, 1.165) is 12.1 Å². The molecule has 1 rings (SSSR count). The summed E-state index contributed by atoms with van der Waals surface area (Å²) in [6, 6.07) is 1.75. The summed E-state index contributed by atoms with van der Waals surface area (Å²) in [4.78, 5) is 11.6. The van der Waals surface area contributed by atoms with E-state index < -0.39 is 20.8 Å². The average Bonchev–Trinajstić information content (AvgIpc) is 2.33. The number of rotatable bonds is 5. The van der Waals surface area contributed by atoms with Crippen LogP contribution in [0.3, 0.4) is 0 Å². The molecule has 1 aromatic rings. The summed E-state index contributed by atoms with van der Waals surface area (Å²) in [6.07, 6.45) is 1.39. The van der Waals surface area contributed by atoms with Crippen LogP contribution in [0.2, 0.25) is 0 Å². The molecule has 8 heteroatoms. The standard InChI is InChI=1S/C12H14BrClFNO3S/c1-3-7(4-2)16-12(17)8-5-11(20(14,18)19)9(13)6-10(8)15/h5-7H,3-4H2,1-2H3,(H,16,17). The monoisotopic (exact) mass is 385 g/mol. The summed E-state index contributed by atoms with van der Waals surface area (Å²) in [5.74, 6) is -1.48. The Morgan fingerprint density at radius 2 is 1.95 bits per heavy atom. The van der Waals surface area contributed by atoms with Crippen LogP contribution in [0.25, 0.3) is 0 Å². The molecule has 20 heavy (non-hydrogen) atoms. The molecule has 0 bridgehead atoms. The van der Waals surface area contributed by atoms with Crippen LogP contribution in [-0.4, -0.2) is 20.4 Å². The van der Waals surface area contributed by atoms with Crippen LogP contribution < -0.4 is 5.32 Å². The highest BCUT2D eigenvalue weighted by atomic mass is 79.9. The third-order valence-electron chi connectivity index (χ3n) is 2.85. The van der Waals surface area contributed by atoms with Crippen molar-refractivity contribution < 1.29 is 17.6 Å². The lowest BCUT2D eigenvalue weighted by atomic mass is 10.1. The number of hydrogen-bond acceptors (Lipinski definition) is 3. The summed E-state index contributed by atoms with van der Waals surface area (Å²) in [7, 11) is 1.17. The Morgan fingerprint density at radius 3 is 2.40 bits per heavy atom. The second-order valence-corrected chi connectivity index (χ2v) is 7.58. The molecule has 4 nitrogen and oxygen atoms in total. The molecule has 1 N–H and O–H groups in total. The van der Waals surface area contributed by atoms with E-state index in [1.807, 2.05) is 13.8 Å². The minimum Gasteiger partial charge on any atom is -0.349 e. The van der Waals surface area contributed by atoms with Crippen molar-refractivity contribution in [2.24, 2.45) is 0 Å². The van der Waals surface area contributed by atoms with Gasteiger partial charge < -0.3 is 5.32 Å². The molecule has 0 atom stereocenters. The van der Waals surface area contributed by atoms with Crippen molar-refractivity contribution >= 4 is 41.6 Å². The molecule has 0 aliphatic carbocycles. The SMILES string of the molecule is CCC(CC)NC(=O)c1cc(S(=O)(=O)Cl)c(Br)cc1F. The molecule has 1 amide bonds. The Balaban J connectivity index is 3.22. The van der Waals surface area contributed by atoms with Gasteiger partial charge in [0.05, 0.1) is 10.5 Å². The fourth-order valence-electron chi connectivity index (χ4n) is 1.65. The van der Waals surface area contributed by atoms with Gasteiger partial charge >= 0.3 is 0 Å². The van der Waals surface area contributed by atoms with Crippen LogP contribution >= 0.6 is 26.6 Å². The summed E-state index contributed by atoms with van der Waals surface area (Å²) in [5, 5.41) is 2.64. The van der Waals surface area contributed by atoms with E-state index in [9.17, 15) is 17.6 Å². The molecule has 0 radical (unpaired) electrons. The highest BCUT2D eigenvalue weighted by Gasteiger charge is 2.22. The number of carbonyl (C=O) groups is 1. The van der Waals surface area contributed by atoms with Crippen LogP contribution in [0, 0.1) is 5.82 Å². The fraction of sp³-hybridized carbons (Fsp3) is 0.417. The van der Waals surface area contributed by atoms with Crippen molar-refractivity contribution in [2.45, 2.75) is 37.6 Å². The van der Waals surface area contributed by atoms with Crippen molar-refractivity contribution in [3.05, 3.63) is 28.0 Å². The van der Waals surface area contributed by atoms with Crippen molar-refractivity contribution in [3.8, 4) is 0 Å². The third kappa shape index (κ3) is 4.17. The maximum absolute atomic E-state index is 13.8. The normalized spacial score (nSPS) is 11.7. The van der Waals surface area contributed by atoms with Gasteiger partial charge in [0.15, 0.2) is 0 Å². The third-order valence-corrected chi connectivity index (χ3v) is 5.13. The fourth-order valence-corrected chi connectivity index (χ4v) is 3.81. The number of amides is 1. The first kappa shape index (κ1) is 17.4. The van der Waals surface area contributed by atoms with Gasteiger partial charge in [0, 0.05) is 21.2 Å². The highest BCUT2D eigenvalue weighted by molar-refractivity contribution is 9.10. The predicted molar refractivity (Wildman–Crippen MR) is 79.0 cm³/mol. The Bertz CT molecular complexity index is 617. The van der Waals surface area contributed by atoms with E-state index in [4.69, 9.17) is 10.7 Å². The Labute approximate surface area is 130 Å². The molecular weight excluding hydrogens is 373 g/mol. The van der Waals surface area contributed by atoms with E-state index in [1.165, 1.54) is 0 Å². The van der Waals surface area contributed by atoms with Crippen molar-refractivity contribution in [1.82, 2.24) is 5.32 Å². The van der Waals surface area contributed by atoms with E-state index >= 15 is 0 Å². The largest absolute Gasteiger partial charge is 0.349 e. The van der Waals surface area contributed by atoms with Gasteiger partial charge in [0.1, 0.15) is 5.82 Å². The highest BCUT2D eigenvalue weighted by Crippen LogP contribution is 2.28. The van der Waals surface area contributed by atoms with Gasteiger partial charge in [0.25, 0.3) is 15.0 Å². The zero-order valence-electron chi connectivity index (χ0n) is 10.9.